The van der Waals surface area contributed by atoms with Gasteiger partial charge in [-0.2, -0.15) is 0 Å². The number of benzene rings is 9. The Kier molecular flexibility index (Phi) is 7.17. The highest BCUT2D eigenvalue weighted by Crippen LogP contribution is 2.43. The Morgan fingerprint density at radius 3 is 1.55 bits per heavy atom. The van der Waals surface area contributed by atoms with E-state index in [0.29, 0.717) is 0 Å². The van der Waals surface area contributed by atoms with Gasteiger partial charge in [0.25, 0.3) is 0 Å². The first-order valence-corrected chi connectivity index (χ1v) is 18.7. The molecular weight excluding hydrogens is 671 g/mol. The summed E-state index contributed by atoms with van der Waals surface area (Å²) in [6.07, 6.45) is 0. The molecule has 0 saturated heterocycles. The second-order valence-corrected chi connectivity index (χ2v) is 14.1. The lowest BCUT2D eigenvalue weighted by molar-refractivity contribution is 0.670. The number of para-hydroxylation sites is 3. The van der Waals surface area contributed by atoms with Crippen LogP contribution in [-0.4, -0.2) is 0 Å². The Hall–Kier alpha value is -7.36. The molecule has 0 amide bonds. The van der Waals surface area contributed by atoms with E-state index in [9.17, 15) is 0 Å². The fraction of sp³-hybridized carbons (Fsp3) is 0. The van der Waals surface area contributed by atoms with Crippen LogP contribution in [0.1, 0.15) is 0 Å². The predicted molar refractivity (Wildman–Crippen MR) is 229 cm³/mol. The third-order valence-electron chi connectivity index (χ3n) is 10.9. The van der Waals surface area contributed by atoms with Crippen molar-refractivity contribution < 1.29 is 8.83 Å². The van der Waals surface area contributed by atoms with Gasteiger partial charge in [-0.1, -0.05) is 140 Å². The minimum absolute atomic E-state index is 0.895. The highest BCUT2D eigenvalue weighted by molar-refractivity contribution is 6.19. The molecule has 2 heterocycles. The molecule has 0 aliphatic carbocycles. The molecule has 0 radical (unpaired) electrons. The molecule has 0 aliphatic heterocycles. The van der Waals surface area contributed by atoms with Gasteiger partial charge in [0.05, 0.1) is 0 Å². The third kappa shape index (κ3) is 5.20. The van der Waals surface area contributed by atoms with Crippen molar-refractivity contribution >= 4 is 71.7 Å². The molecule has 0 atom stereocenters. The zero-order chi connectivity index (χ0) is 36.3. The molecule has 0 aliphatic rings. The number of anilines is 3. The van der Waals surface area contributed by atoms with Crippen molar-refractivity contribution in [3.63, 3.8) is 0 Å². The maximum absolute atomic E-state index is 6.56. The van der Waals surface area contributed by atoms with Crippen LogP contribution in [0.25, 0.3) is 88.0 Å². The van der Waals surface area contributed by atoms with Gasteiger partial charge in [-0.05, 0) is 93.9 Å². The average Bonchev–Trinajstić information content (AvgIpc) is 3.83. The number of nitrogens with zero attached hydrogens (tertiary/aromatic N) is 1. The summed E-state index contributed by atoms with van der Waals surface area (Å²) in [4.78, 5) is 2.31. The van der Waals surface area contributed by atoms with Gasteiger partial charge < -0.3 is 13.7 Å². The molecular formula is C52H33NO2. The molecule has 3 nitrogen and oxygen atoms in total. The van der Waals surface area contributed by atoms with Crippen molar-refractivity contribution in [3.8, 4) is 33.4 Å². The molecule has 55 heavy (non-hydrogen) atoms. The summed E-state index contributed by atoms with van der Waals surface area (Å²) in [6, 6.07) is 70.9. The van der Waals surface area contributed by atoms with E-state index in [1.807, 2.05) is 12.1 Å². The Morgan fingerprint density at radius 1 is 0.273 bits per heavy atom. The average molecular weight is 704 g/mol. The Labute approximate surface area is 317 Å². The molecule has 11 rings (SSSR count). The van der Waals surface area contributed by atoms with Crippen molar-refractivity contribution in [1.29, 1.82) is 0 Å². The zero-order valence-corrected chi connectivity index (χ0v) is 29.8. The molecule has 0 N–H and O–H groups in total. The lowest BCUT2D eigenvalue weighted by Crippen LogP contribution is -2.09. The van der Waals surface area contributed by atoms with E-state index >= 15 is 0 Å². The van der Waals surface area contributed by atoms with E-state index in [1.54, 1.807) is 0 Å². The molecule has 0 spiro atoms. The maximum Gasteiger partial charge on any atom is 0.143 e. The first kappa shape index (κ1) is 31.2. The van der Waals surface area contributed by atoms with Gasteiger partial charge in [0.15, 0.2) is 0 Å². The number of hydrogen-bond donors (Lipinski definition) is 0. The minimum Gasteiger partial charge on any atom is -0.455 e. The largest absolute Gasteiger partial charge is 0.455 e. The molecule has 9 aromatic carbocycles. The fourth-order valence-corrected chi connectivity index (χ4v) is 8.23. The lowest BCUT2D eigenvalue weighted by Gasteiger charge is -2.26. The van der Waals surface area contributed by atoms with Crippen LogP contribution in [0.15, 0.2) is 209 Å². The summed E-state index contributed by atoms with van der Waals surface area (Å²) < 4.78 is 12.9. The lowest BCUT2D eigenvalue weighted by atomic mass is 9.94. The highest BCUT2D eigenvalue weighted by Gasteiger charge is 2.18. The standard InChI is InChI=1S/C52H33NO2/c1-3-12-34(13-4-1)37-26-31-50-47(32-37)48-33-46(42-16-7-8-18-44(42)52(48)55-50)36-24-29-40(30-25-36)53(38-14-5-2-6-15-38)39-27-22-35(23-28-39)41-19-11-20-45-43-17-9-10-21-49(43)54-51(41)45/h1-33H. The van der Waals surface area contributed by atoms with Crippen LogP contribution in [0.2, 0.25) is 0 Å². The highest BCUT2D eigenvalue weighted by atomic mass is 16.3. The van der Waals surface area contributed by atoms with E-state index in [2.05, 4.69) is 193 Å². The smallest absolute Gasteiger partial charge is 0.143 e. The predicted octanol–water partition coefficient (Wildman–Crippen LogP) is 15.1. The number of fused-ring (bicyclic) bond motifs is 8. The van der Waals surface area contributed by atoms with E-state index in [-0.39, 0.29) is 0 Å². The molecule has 3 heteroatoms. The van der Waals surface area contributed by atoms with Crippen LogP contribution < -0.4 is 4.90 Å². The normalized spacial score (nSPS) is 11.6. The van der Waals surface area contributed by atoms with Gasteiger partial charge in [-0.25, -0.2) is 0 Å². The van der Waals surface area contributed by atoms with Gasteiger partial charge in [0.2, 0.25) is 0 Å². The molecule has 2 aromatic heterocycles. The summed E-state index contributed by atoms with van der Waals surface area (Å²) in [5.41, 5.74) is 13.8. The van der Waals surface area contributed by atoms with Gasteiger partial charge >= 0.3 is 0 Å². The fourth-order valence-electron chi connectivity index (χ4n) is 8.23. The molecule has 0 unspecified atom stereocenters. The zero-order valence-electron chi connectivity index (χ0n) is 29.8. The maximum atomic E-state index is 6.56. The van der Waals surface area contributed by atoms with Crippen molar-refractivity contribution in [1.82, 2.24) is 0 Å². The van der Waals surface area contributed by atoms with Gasteiger partial charge in [0, 0.05) is 49.6 Å². The van der Waals surface area contributed by atoms with E-state index in [0.717, 1.165) is 83.0 Å². The first-order chi connectivity index (χ1) is 27.3. The van der Waals surface area contributed by atoms with Crippen molar-refractivity contribution in [2.45, 2.75) is 0 Å². The van der Waals surface area contributed by atoms with Crippen molar-refractivity contribution in [2.24, 2.45) is 0 Å². The van der Waals surface area contributed by atoms with Gasteiger partial charge in [0.1, 0.15) is 22.3 Å². The Morgan fingerprint density at radius 2 is 0.800 bits per heavy atom. The summed E-state index contributed by atoms with van der Waals surface area (Å²) >= 11 is 0. The second-order valence-electron chi connectivity index (χ2n) is 14.1. The number of hydrogen-bond acceptors (Lipinski definition) is 3. The van der Waals surface area contributed by atoms with Crippen LogP contribution >= 0.6 is 0 Å². The second kappa shape index (κ2) is 12.6. The number of furan rings is 2. The molecule has 258 valence electrons. The van der Waals surface area contributed by atoms with Crippen LogP contribution in [-0.2, 0) is 0 Å². The quantitative estimate of drug-likeness (QED) is 0.173. The van der Waals surface area contributed by atoms with Crippen LogP contribution in [0.5, 0.6) is 0 Å². The topological polar surface area (TPSA) is 29.5 Å². The van der Waals surface area contributed by atoms with Crippen LogP contribution in [0, 0.1) is 0 Å². The summed E-state index contributed by atoms with van der Waals surface area (Å²) in [5, 5.41) is 6.79. The van der Waals surface area contributed by atoms with E-state index in [1.165, 1.54) is 22.1 Å². The Bertz CT molecular complexity index is 3180. The summed E-state index contributed by atoms with van der Waals surface area (Å²) in [5.74, 6) is 0. The van der Waals surface area contributed by atoms with E-state index in [4.69, 9.17) is 8.83 Å². The van der Waals surface area contributed by atoms with Crippen molar-refractivity contribution in [2.75, 3.05) is 4.90 Å². The first-order valence-electron chi connectivity index (χ1n) is 18.7. The number of rotatable bonds is 6. The summed E-state index contributed by atoms with van der Waals surface area (Å²) in [6.45, 7) is 0. The molecule has 0 fully saturated rings. The molecule has 0 bridgehead atoms. The van der Waals surface area contributed by atoms with Gasteiger partial charge in [-0.3, -0.25) is 0 Å². The van der Waals surface area contributed by atoms with Crippen LogP contribution in [0.3, 0.4) is 0 Å². The minimum atomic E-state index is 0.895. The Balaban J connectivity index is 1.00. The van der Waals surface area contributed by atoms with Crippen LogP contribution in [0.4, 0.5) is 17.1 Å². The molecule has 11 aromatic rings. The molecule has 0 saturated carbocycles. The SMILES string of the molecule is c1ccc(-c2ccc3oc4c5ccccc5c(-c5ccc(N(c6ccccc6)c6ccc(-c7cccc8c7oc7ccccc78)cc6)cc5)cc4c3c2)cc1. The van der Waals surface area contributed by atoms with E-state index < -0.39 is 0 Å². The van der Waals surface area contributed by atoms with Gasteiger partial charge in [-0.15, -0.1) is 0 Å². The monoisotopic (exact) mass is 703 g/mol. The third-order valence-corrected chi connectivity index (χ3v) is 10.9. The van der Waals surface area contributed by atoms with Crippen molar-refractivity contribution in [3.05, 3.63) is 200 Å². The summed E-state index contributed by atoms with van der Waals surface area (Å²) in [7, 11) is 0.